The highest BCUT2D eigenvalue weighted by Gasteiger charge is 2.16. The van der Waals surface area contributed by atoms with Gasteiger partial charge in [0.2, 0.25) is 5.82 Å². The van der Waals surface area contributed by atoms with Crippen molar-refractivity contribution in [3.05, 3.63) is 94.7 Å². The Morgan fingerprint density at radius 2 is 1.71 bits per heavy atom. The molecular weight excluding hydrogens is 434 g/mol. The molecule has 0 radical (unpaired) electrons. The number of rotatable bonds is 8. The van der Waals surface area contributed by atoms with Crippen LogP contribution in [0.25, 0.3) is 33.4 Å². The van der Waals surface area contributed by atoms with Crippen LogP contribution in [-0.2, 0) is 19.4 Å². The Morgan fingerprint density at radius 3 is 2.43 bits per heavy atom. The molecule has 0 aliphatic heterocycles. The van der Waals surface area contributed by atoms with Gasteiger partial charge in [0.15, 0.2) is 0 Å². The summed E-state index contributed by atoms with van der Waals surface area (Å²) in [7, 11) is 0. The third kappa shape index (κ3) is 4.70. The average Bonchev–Trinajstić information content (AvgIpc) is 3.43. The predicted octanol–water partition coefficient (Wildman–Crippen LogP) is 5.82. The van der Waals surface area contributed by atoms with E-state index in [4.69, 9.17) is 4.98 Å². The zero-order chi connectivity index (χ0) is 24.2. The molecule has 0 fully saturated rings. The van der Waals surface area contributed by atoms with Gasteiger partial charge in [0.05, 0.1) is 12.1 Å². The highest BCUT2D eigenvalue weighted by Crippen LogP contribution is 2.31. The monoisotopic (exact) mass is 463 g/mol. The van der Waals surface area contributed by atoms with E-state index in [1.807, 2.05) is 18.2 Å². The molecule has 176 valence electrons. The standard InChI is InChI=1S/C29H29N5O/c1-3-4-9-27-25(26(18-35)24-16-19(2)10-15-28(24)30-27)17-20-11-13-21(14-12-20)22-7-5-6-8-23(22)29-31-33-34-32-29/h5-8,10-16,35H,3-4,9,17-18H2,1-2H3,(H,31,32,33,34). The fraction of sp³-hybridized carbons (Fsp3) is 0.241. The molecule has 0 unspecified atom stereocenters. The number of aromatic amines is 1. The maximum atomic E-state index is 10.4. The Bertz CT molecular complexity index is 1440. The lowest BCUT2D eigenvalue weighted by Crippen LogP contribution is -2.06. The zero-order valence-electron chi connectivity index (χ0n) is 20.1. The molecule has 2 N–H and O–H groups in total. The molecule has 6 heteroatoms. The number of fused-ring (bicyclic) bond motifs is 1. The van der Waals surface area contributed by atoms with E-state index < -0.39 is 0 Å². The summed E-state index contributed by atoms with van der Waals surface area (Å²) in [6, 6.07) is 23.0. The first kappa shape index (κ1) is 22.9. The summed E-state index contributed by atoms with van der Waals surface area (Å²) in [6.07, 6.45) is 3.83. The van der Waals surface area contributed by atoms with Crippen LogP contribution in [0.2, 0.25) is 0 Å². The van der Waals surface area contributed by atoms with Crippen molar-refractivity contribution in [2.24, 2.45) is 0 Å². The van der Waals surface area contributed by atoms with Gasteiger partial charge >= 0.3 is 0 Å². The van der Waals surface area contributed by atoms with Crippen LogP contribution in [0.4, 0.5) is 0 Å². The van der Waals surface area contributed by atoms with E-state index in [-0.39, 0.29) is 6.61 Å². The van der Waals surface area contributed by atoms with Crippen LogP contribution in [0, 0.1) is 6.92 Å². The molecule has 0 amide bonds. The van der Waals surface area contributed by atoms with Gasteiger partial charge in [-0.25, -0.2) is 0 Å². The quantitative estimate of drug-likeness (QED) is 0.303. The van der Waals surface area contributed by atoms with Crippen LogP contribution < -0.4 is 0 Å². The molecule has 35 heavy (non-hydrogen) atoms. The van der Waals surface area contributed by atoms with Gasteiger partial charge in [-0.1, -0.05) is 73.5 Å². The van der Waals surface area contributed by atoms with Crippen molar-refractivity contribution in [1.29, 1.82) is 0 Å². The first-order chi connectivity index (χ1) is 17.2. The van der Waals surface area contributed by atoms with E-state index in [2.05, 4.69) is 83.0 Å². The summed E-state index contributed by atoms with van der Waals surface area (Å²) in [6.45, 7) is 4.28. The first-order valence-corrected chi connectivity index (χ1v) is 12.1. The number of benzene rings is 3. The van der Waals surface area contributed by atoms with Crippen LogP contribution in [-0.4, -0.2) is 30.7 Å². The van der Waals surface area contributed by atoms with Crippen molar-refractivity contribution in [2.45, 2.75) is 46.1 Å². The second kappa shape index (κ2) is 10.2. The number of hydrogen-bond acceptors (Lipinski definition) is 5. The minimum Gasteiger partial charge on any atom is -0.392 e. The fourth-order valence-corrected chi connectivity index (χ4v) is 4.69. The predicted molar refractivity (Wildman–Crippen MR) is 139 cm³/mol. The summed E-state index contributed by atoms with van der Waals surface area (Å²) in [5.41, 5.74) is 9.65. The molecule has 0 saturated carbocycles. The number of nitrogens with one attached hydrogen (secondary N) is 1. The number of nitrogens with zero attached hydrogens (tertiary/aromatic N) is 4. The number of unbranched alkanes of at least 4 members (excludes halogenated alkanes) is 1. The van der Waals surface area contributed by atoms with Gasteiger partial charge in [0.1, 0.15) is 0 Å². The van der Waals surface area contributed by atoms with Crippen LogP contribution in [0.3, 0.4) is 0 Å². The van der Waals surface area contributed by atoms with Gasteiger partial charge in [-0.3, -0.25) is 4.98 Å². The van der Waals surface area contributed by atoms with Crippen molar-refractivity contribution in [3.8, 4) is 22.5 Å². The fourth-order valence-electron chi connectivity index (χ4n) is 4.69. The molecule has 0 bridgehead atoms. The maximum absolute atomic E-state index is 10.4. The highest BCUT2D eigenvalue weighted by molar-refractivity contribution is 5.85. The minimum atomic E-state index is 0.00703. The Hall–Kier alpha value is -3.90. The number of pyridine rings is 1. The molecule has 0 saturated heterocycles. The molecule has 6 nitrogen and oxygen atoms in total. The smallest absolute Gasteiger partial charge is 0.205 e. The van der Waals surface area contributed by atoms with Crippen molar-refractivity contribution in [1.82, 2.24) is 25.6 Å². The molecule has 2 heterocycles. The molecule has 0 aliphatic rings. The second-order valence-electron chi connectivity index (χ2n) is 8.95. The Kier molecular flexibility index (Phi) is 6.64. The molecule has 5 aromatic rings. The van der Waals surface area contributed by atoms with Crippen LogP contribution >= 0.6 is 0 Å². The number of aliphatic hydroxyl groups excluding tert-OH is 1. The SMILES string of the molecule is CCCCc1nc2ccc(C)cc2c(CO)c1Cc1ccc(-c2ccccc2-c2nn[nH]n2)cc1. The normalized spacial score (nSPS) is 11.3. The van der Waals surface area contributed by atoms with Crippen LogP contribution in [0.5, 0.6) is 0 Å². The third-order valence-corrected chi connectivity index (χ3v) is 6.53. The Labute approximate surface area is 205 Å². The van der Waals surface area contributed by atoms with Crippen molar-refractivity contribution < 1.29 is 5.11 Å². The van der Waals surface area contributed by atoms with Gasteiger partial charge in [0.25, 0.3) is 0 Å². The van der Waals surface area contributed by atoms with Gasteiger partial charge in [-0.05, 0) is 71.3 Å². The van der Waals surface area contributed by atoms with Gasteiger partial charge in [-0.15, -0.1) is 10.2 Å². The molecule has 0 spiro atoms. The number of aryl methyl sites for hydroxylation is 2. The average molecular weight is 464 g/mol. The third-order valence-electron chi connectivity index (χ3n) is 6.53. The van der Waals surface area contributed by atoms with Gasteiger partial charge in [0, 0.05) is 16.6 Å². The van der Waals surface area contributed by atoms with E-state index >= 15 is 0 Å². The molecule has 0 aliphatic carbocycles. The molecular formula is C29H29N5O. The Balaban J connectivity index is 1.52. The summed E-state index contributed by atoms with van der Waals surface area (Å²) >= 11 is 0. The number of hydrogen-bond donors (Lipinski definition) is 2. The van der Waals surface area contributed by atoms with Gasteiger partial charge < -0.3 is 5.11 Å². The summed E-state index contributed by atoms with van der Waals surface area (Å²) in [4.78, 5) is 5.03. The Morgan fingerprint density at radius 1 is 0.914 bits per heavy atom. The lowest BCUT2D eigenvalue weighted by Gasteiger charge is -2.17. The molecule has 2 aromatic heterocycles. The zero-order valence-corrected chi connectivity index (χ0v) is 20.1. The summed E-state index contributed by atoms with van der Waals surface area (Å²) in [5, 5.41) is 26.0. The minimum absolute atomic E-state index is 0.00703. The summed E-state index contributed by atoms with van der Waals surface area (Å²) in [5.74, 6) is 0.579. The number of aliphatic hydroxyl groups is 1. The van der Waals surface area contributed by atoms with Crippen molar-refractivity contribution >= 4 is 10.9 Å². The largest absolute Gasteiger partial charge is 0.392 e. The number of H-pyrrole nitrogens is 1. The van der Waals surface area contributed by atoms with E-state index in [0.717, 1.165) is 70.1 Å². The molecule has 0 atom stereocenters. The lowest BCUT2D eigenvalue weighted by atomic mass is 9.91. The highest BCUT2D eigenvalue weighted by atomic mass is 16.3. The summed E-state index contributed by atoms with van der Waals surface area (Å²) < 4.78 is 0. The second-order valence-corrected chi connectivity index (χ2v) is 8.95. The van der Waals surface area contributed by atoms with E-state index in [0.29, 0.717) is 5.82 Å². The van der Waals surface area contributed by atoms with Crippen LogP contribution in [0.15, 0.2) is 66.7 Å². The van der Waals surface area contributed by atoms with E-state index in [9.17, 15) is 5.11 Å². The lowest BCUT2D eigenvalue weighted by molar-refractivity contribution is 0.282. The maximum Gasteiger partial charge on any atom is 0.205 e. The van der Waals surface area contributed by atoms with Gasteiger partial charge in [-0.2, -0.15) is 5.21 Å². The van der Waals surface area contributed by atoms with Crippen molar-refractivity contribution in [2.75, 3.05) is 0 Å². The van der Waals surface area contributed by atoms with E-state index in [1.54, 1.807) is 0 Å². The number of tetrazole rings is 1. The molecule has 3 aromatic carbocycles. The first-order valence-electron chi connectivity index (χ1n) is 12.1. The topological polar surface area (TPSA) is 87.6 Å². The van der Waals surface area contributed by atoms with Crippen molar-refractivity contribution in [3.63, 3.8) is 0 Å². The van der Waals surface area contributed by atoms with E-state index in [1.165, 1.54) is 11.1 Å². The number of aromatic nitrogens is 5. The van der Waals surface area contributed by atoms with Crippen LogP contribution in [0.1, 0.15) is 47.7 Å². The molecule has 5 rings (SSSR count).